The van der Waals surface area contributed by atoms with Gasteiger partial charge in [0.05, 0.1) is 12.2 Å². The SMILES string of the molecule is [CH2]C([CH2])(CCCCCCCC(O)CCCCCCCCCCC(=O)O)CCCCCCCC(O)CCCCCCCCCCC(=O)O. The molecule has 0 fully saturated rings. The molecule has 0 saturated carbocycles. The first-order valence-corrected chi connectivity index (χ1v) is 20.1. The Morgan fingerprint density at radius 3 is 0.851 bits per heavy atom. The van der Waals surface area contributed by atoms with Crippen molar-refractivity contribution in [3.63, 3.8) is 0 Å². The number of rotatable bonds is 38. The van der Waals surface area contributed by atoms with Crippen LogP contribution in [0.4, 0.5) is 0 Å². The van der Waals surface area contributed by atoms with Crippen LogP contribution in [0.2, 0.25) is 0 Å². The van der Waals surface area contributed by atoms with Gasteiger partial charge in [-0.2, -0.15) is 0 Å². The van der Waals surface area contributed by atoms with Crippen LogP contribution < -0.4 is 0 Å². The summed E-state index contributed by atoms with van der Waals surface area (Å²) in [6.07, 6.45) is 36.0. The Hall–Kier alpha value is -1.14. The van der Waals surface area contributed by atoms with Crippen molar-refractivity contribution in [2.75, 3.05) is 0 Å². The van der Waals surface area contributed by atoms with Crippen molar-refractivity contribution in [2.45, 2.75) is 231 Å². The minimum absolute atomic E-state index is 0.0624. The average Bonchev–Trinajstić information content (AvgIpc) is 3.01. The molecular weight excluding hydrogens is 588 g/mol. The maximum Gasteiger partial charge on any atom is 0.303 e. The zero-order valence-electron chi connectivity index (χ0n) is 30.7. The summed E-state index contributed by atoms with van der Waals surface area (Å²) < 4.78 is 0. The second-order valence-electron chi connectivity index (χ2n) is 14.9. The fourth-order valence-corrected chi connectivity index (χ4v) is 6.67. The molecule has 0 aliphatic heterocycles. The molecule has 2 atom stereocenters. The summed E-state index contributed by atoms with van der Waals surface area (Å²) in [5.74, 6) is -1.38. The minimum Gasteiger partial charge on any atom is -0.481 e. The van der Waals surface area contributed by atoms with E-state index in [-0.39, 0.29) is 17.6 Å². The van der Waals surface area contributed by atoms with E-state index < -0.39 is 11.9 Å². The van der Waals surface area contributed by atoms with Gasteiger partial charge in [-0.25, -0.2) is 0 Å². The Bertz CT molecular complexity index is 637. The molecule has 6 nitrogen and oxygen atoms in total. The predicted molar refractivity (Wildman–Crippen MR) is 197 cm³/mol. The van der Waals surface area contributed by atoms with Crippen molar-refractivity contribution < 1.29 is 30.0 Å². The maximum atomic E-state index is 10.5. The van der Waals surface area contributed by atoms with Crippen LogP contribution in [0.25, 0.3) is 0 Å². The van der Waals surface area contributed by atoms with Crippen LogP contribution in [0.5, 0.6) is 0 Å². The monoisotopic (exact) mass is 667 g/mol. The number of carboxylic acids is 2. The molecular formula is C41H78O6. The third kappa shape index (κ3) is 37.5. The van der Waals surface area contributed by atoms with E-state index in [9.17, 15) is 19.8 Å². The summed E-state index contributed by atoms with van der Waals surface area (Å²) in [6, 6.07) is 0. The first-order valence-electron chi connectivity index (χ1n) is 20.1. The first-order chi connectivity index (χ1) is 22.6. The van der Waals surface area contributed by atoms with Gasteiger partial charge in [0.15, 0.2) is 0 Å². The van der Waals surface area contributed by atoms with E-state index in [0.29, 0.717) is 12.8 Å². The molecule has 0 aromatic rings. The summed E-state index contributed by atoms with van der Waals surface area (Å²) in [7, 11) is 0. The van der Waals surface area contributed by atoms with Gasteiger partial charge in [-0.05, 0) is 70.6 Å². The van der Waals surface area contributed by atoms with Crippen molar-refractivity contribution in [2.24, 2.45) is 5.41 Å². The Balaban J connectivity index is 3.45. The number of carboxylic acid groups (broad SMARTS) is 2. The molecule has 2 unspecified atom stereocenters. The number of carbonyl (C=O) groups is 2. The molecule has 6 heteroatoms. The van der Waals surface area contributed by atoms with Crippen LogP contribution in [-0.4, -0.2) is 44.6 Å². The van der Waals surface area contributed by atoms with Gasteiger partial charge in [-0.15, -0.1) is 0 Å². The van der Waals surface area contributed by atoms with E-state index >= 15 is 0 Å². The fourth-order valence-electron chi connectivity index (χ4n) is 6.67. The highest BCUT2D eigenvalue weighted by Crippen LogP contribution is 2.30. The molecule has 0 heterocycles. The van der Waals surface area contributed by atoms with Crippen LogP contribution in [-0.2, 0) is 9.59 Å². The quantitative estimate of drug-likeness (QED) is 0.0487. The van der Waals surface area contributed by atoms with Gasteiger partial charge in [-0.1, -0.05) is 154 Å². The highest BCUT2D eigenvalue weighted by molar-refractivity contribution is 5.66. The lowest BCUT2D eigenvalue weighted by Crippen LogP contribution is -2.12. The molecule has 0 bridgehead atoms. The molecule has 0 aliphatic carbocycles. The van der Waals surface area contributed by atoms with Gasteiger partial charge in [0.25, 0.3) is 0 Å². The van der Waals surface area contributed by atoms with Gasteiger partial charge in [0.1, 0.15) is 0 Å². The van der Waals surface area contributed by atoms with Crippen molar-refractivity contribution in [1.29, 1.82) is 0 Å². The number of aliphatic hydroxyl groups excluding tert-OH is 2. The van der Waals surface area contributed by atoms with E-state index in [1.807, 2.05) is 0 Å². The Labute approximate surface area is 291 Å². The molecule has 0 aromatic carbocycles. The maximum absolute atomic E-state index is 10.5. The lowest BCUT2D eigenvalue weighted by molar-refractivity contribution is -0.138. The molecule has 2 radical (unpaired) electrons. The van der Waals surface area contributed by atoms with Crippen molar-refractivity contribution >= 4 is 11.9 Å². The van der Waals surface area contributed by atoms with Crippen LogP contribution in [0, 0.1) is 19.3 Å². The molecule has 0 saturated heterocycles. The molecule has 0 spiro atoms. The van der Waals surface area contributed by atoms with Gasteiger partial charge < -0.3 is 20.4 Å². The number of aliphatic hydroxyl groups is 2. The molecule has 4 N–H and O–H groups in total. The largest absolute Gasteiger partial charge is 0.481 e. The molecule has 0 rings (SSSR count). The third-order valence-electron chi connectivity index (χ3n) is 9.84. The standard InChI is InChI=1S/C41H78O6/c1-41(2,35-27-19-11-15-23-31-37(42)29-21-13-7-3-5-9-17-25-33-39(44)45)36-28-20-12-16-24-32-38(43)30-22-14-8-4-6-10-18-26-34-40(46)47/h37-38,42-43H,1-36H2,(H,44,45)(H,46,47). The van der Waals surface area contributed by atoms with Gasteiger partial charge in [0.2, 0.25) is 0 Å². The number of aliphatic carboxylic acids is 2. The van der Waals surface area contributed by atoms with E-state index in [0.717, 1.165) is 103 Å². The number of unbranched alkanes of at least 4 members (excludes halogenated alkanes) is 22. The van der Waals surface area contributed by atoms with Gasteiger partial charge >= 0.3 is 11.9 Å². The van der Waals surface area contributed by atoms with Crippen molar-refractivity contribution in [1.82, 2.24) is 0 Å². The number of hydrogen-bond acceptors (Lipinski definition) is 4. The normalized spacial score (nSPS) is 13.2. The average molecular weight is 667 g/mol. The highest BCUT2D eigenvalue weighted by Gasteiger charge is 2.17. The topological polar surface area (TPSA) is 115 Å². The zero-order chi connectivity index (χ0) is 34.9. The number of hydrogen-bond donors (Lipinski definition) is 4. The van der Waals surface area contributed by atoms with Crippen molar-refractivity contribution in [3.05, 3.63) is 13.8 Å². The summed E-state index contributed by atoms with van der Waals surface area (Å²) in [5.41, 5.74) is -0.0624. The molecule has 0 aromatic heterocycles. The fraction of sp³-hybridized carbons (Fsp3) is 0.902. The van der Waals surface area contributed by atoms with Crippen LogP contribution >= 0.6 is 0 Å². The van der Waals surface area contributed by atoms with Crippen LogP contribution in [0.3, 0.4) is 0 Å². The second kappa shape index (κ2) is 33.4. The lowest BCUT2D eigenvalue weighted by Gasteiger charge is -2.24. The molecule has 47 heavy (non-hydrogen) atoms. The van der Waals surface area contributed by atoms with Gasteiger partial charge in [0, 0.05) is 12.8 Å². The molecule has 0 aliphatic rings. The summed E-state index contributed by atoms with van der Waals surface area (Å²) in [6.45, 7) is 8.81. The molecule has 278 valence electrons. The lowest BCUT2D eigenvalue weighted by atomic mass is 9.81. The first kappa shape index (κ1) is 45.9. The Morgan fingerprint density at radius 2 is 0.596 bits per heavy atom. The van der Waals surface area contributed by atoms with E-state index in [1.54, 1.807) is 0 Å². The second-order valence-corrected chi connectivity index (χ2v) is 14.9. The highest BCUT2D eigenvalue weighted by atomic mass is 16.4. The molecule has 0 amide bonds. The van der Waals surface area contributed by atoms with Gasteiger partial charge in [-0.3, -0.25) is 9.59 Å². The summed E-state index contributed by atoms with van der Waals surface area (Å²) >= 11 is 0. The summed E-state index contributed by atoms with van der Waals surface area (Å²) in [4.78, 5) is 21.0. The smallest absolute Gasteiger partial charge is 0.303 e. The predicted octanol–water partition coefficient (Wildman–Crippen LogP) is 11.8. The Morgan fingerprint density at radius 1 is 0.383 bits per heavy atom. The minimum atomic E-state index is -0.688. The van der Waals surface area contributed by atoms with Crippen LogP contribution in [0.1, 0.15) is 218 Å². The van der Waals surface area contributed by atoms with Crippen molar-refractivity contribution in [3.8, 4) is 0 Å². The third-order valence-corrected chi connectivity index (χ3v) is 9.84. The Kier molecular flexibility index (Phi) is 32.6. The summed E-state index contributed by atoms with van der Waals surface area (Å²) in [5, 5.41) is 37.9. The van der Waals surface area contributed by atoms with Crippen LogP contribution in [0.15, 0.2) is 0 Å². The zero-order valence-corrected chi connectivity index (χ0v) is 30.7. The van der Waals surface area contributed by atoms with E-state index in [4.69, 9.17) is 10.2 Å². The van der Waals surface area contributed by atoms with E-state index in [1.165, 1.54) is 103 Å². The van der Waals surface area contributed by atoms with E-state index in [2.05, 4.69) is 13.8 Å².